The Morgan fingerprint density at radius 2 is 1.03 bits per heavy atom. The summed E-state index contributed by atoms with van der Waals surface area (Å²) in [4.78, 5) is 10.0. The second-order valence-electron chi connectivity index (χ2n) is 6.14. The number of halogens is 6. The molecule has 14 heteroatoms. The van der Waals surface area contributed by atoms with Crippen LogP contribution in [0.15, 0.2) is 58.3 Å². The fraction of sp³-hybridized carbons (Fsp3) is 0.235. The molecule has 1 amide bonds. The van der Waals surface area contributed by atoms with Crippen LogP contribution in [0, 0.1) is 0 Å². The second kappa shape index (κ2) is 8.49. The quantitative estimate of drug-likeness (QED) is 0.629. The van der Waals surface area contributed by atoms with E-state index in [0.29, 0.717) is 17.7 Å². The molecular weight excluding hydrogens is 476 g/mol. The minimum absolute atomic E-state index is 0.161. The van der Waals surface area contributed by atoms with Crippen molar-refractivity contribution in [3.8, 4) is 0 Å². The van der Waals surface area contributed by atoms with E-state index in [9.17, 15) is 48.0 Å². The van der Waals surface area contributed by atoms with Crippen LogP contribution in [-0.4, -0.2) is 33.8 Å². The van der Waals surface area contributed by atoms with Gasteiger partial charge in [0.2, 0.25) is 5.91 Å². The molecule has 0 unspecified atom stereocenters. The molecule has 0 aliphatic heterocycles. The van der Waals surface area contributed by atoms with Crippen LogP contribution < -0.4 is 5.32 Å². The normalized spacial score (nSPS) is 13.1. The number of amides is 1. The average Bonchev–Trinajstić information content (AvgIpc) is 2.65. The maximum Gasteiger partial charge on any atom is 0.501 e. The highest BCUT2D eigenvalue weighted by molar-refractivity contribution is 7.92. The minimum atomic E-state index is -5.51. The highest BCUT2D eigenvalue weighted by Crippen LogP contribution is 2.31. The van der Waals surface area contributed by atoms with Gasteiger partial charge in [-0.2, -0.15) is 26.3 Å². The summed E-state index contributed by atoms with van der Waals surface area (Å²) >= 11 is 0. The smallest absolute Gasteiger partial charge is 0.352 e. The van der Waals surface area contributed by atoms with Crippen LogP contribution in [0.3, 0.4) is 0 Å². The maximum atomic E-state index is 12.5. The van der Waals surface area contributed by atoms with Crippen molar-refractivity contribution in [2.45, 2.75) is 33.8 Å². The lowest BCUT2D eigenvalue weighted by Crippen LogP contribution is -2.25. The van der Waals surface area contributed by atoms with Crippen LogP contribution in [0.4, 0.5) is 26.3 Å². The van der Waals surface area contributed by atoms with Crippen LogP contribution in [0.1, 0.15) is 11.1 Å². The van der Waals surface area contributed by atoms with Gasteiger partial charge in [-0.15, -0.1) is 0 Å². The Morgan fingerprint density at radius 3 is 1.39 bits per heavy atom. The van der Waals surface area contributed by atoms with Crippen molar-refractivity contribution in [1.29, 1.82) is 0 Å². The summed E-state index contributed by atoms with van der Waals surface area (Å²) < 4.78 is 120. The third-order valence-corrected chi connectivity index (χ3v) is 6.94. The molecule has 0 saturated heterocycles. The first-order valence-corrected chi connectivity index (χ1v) is 11.1. The van der Waals surface area contributed by atoms with Gasteiger partial charge in [0.1, 0.15) is 0 Å². The van der Waals surface area contributed by atoms with Crippen LogP contribution in [0.25, 0.3) is 0 Å². The minimum Gasteiger partial charge on any atom is -0.352 e. The van der Waals surface area contributed by atoms with Gasteiger partial charge < -0.3 is 5.32 Å². The number of sulfone groups is 2. The maximum absolute atomic E-state index is 12.5. The van der Waals surface area contributed by atoms with E-state index in [1.807, 2.05) is 0 Å². The average molecular weight is 489 g/mol. The molecule has 0 aromatic heterocycles. The molecule has 6 nitrogen and oxygen atoms in total. The lowest BCUT2D eigenvalue weighted by atomic mass is 10.1. The number of nitrogens with one attached hydrogen (secondary N) is 1. The highest BCUT2D eigenvalue weighted by atomic mass is 32.2. The molecule has 0 saturated carbocycles. The Bertz CT molecular complexity index is 1150. The fourth-order valence-electron chi connectivity index (χ4n) is 2.29. The summed E-state index contributed by atoms with van der Waals surface area (Å²) in [6.45, 7) is -0.161. The fourth-order valence-corrected chi connectivity index (χ4v) is 3.81. The summed E-state index contributed by atoms with van der Waals surface area (Å²) in [6, 6.07) is 7.14. The van der Waals surface area contributed by atoms with Crippen LogP contribution in [-0.2, 0) is 37.4 Å². The molecule has 2 rings (SSSR count). The van der Waals surface area contributed by atoms with Crippen molar-refractivity contribution in [2.24, 2.45) is 0 Å². The summed E-state index contributed by atoms with van der Waals surface area (Å²) in [5.41, 5.74) is -10.4. The molecule has 31 heavy (non-hydrogen) atoms. The molecule has 0 radical (unpaired) electrons. The molecule has 2 aromatic rings. The van der Waals surface area contributed by atoms with E-state index >= 15 is 0 Å². The second-order valence-corrected chi connectivity index (χ2v) is 10.0. The van der Waals surface area contributed by atoms with Crippen molar-refractivity contribution in [1.82, 2.24) is 5.32 Å². The van der Waals surface area contributed by atoms with Gasteiger partial charge in [0.15, 0.2) is 0 Å². The molecule has 0 fully saturated rings. The zero-order chi connectivity index (χ0) is 23.7. The number of alkyl halides is 6. The first kappa shape index (κ1) is 24.7. The van der Waals surface area contributed by atoms with Gasteiger partial charge in [-0.25, -0.2) is 16.8 Å². The molecule has 0 aliphatic rings. The Kier molecular flexibility index (Phi) is 6.76. The molecule has 0 spiro atoms. The third kappa shape index (κ3) is 5.55. The van der Waals surface area contributed by atoms with Crippen LogP contribution in [0.2, 0.25) is 0 Å². The van der Waals surface area contributed by atoms with Crippen molar-refractivity contribution in [3.05, 3.63) is 59.7 Å². The summed E-state index contributed by atoms with van der Waals surface area (Å²) in [6.07, 6.45) is -0.313. The Morgan fingerprint density at radius 1 is 0.677 bits per heavy atom. The SMILES string of the molecule is O=C(Cc1ccc(S(=O)(=O)C(F)(F)F)cc1)NCc1ccc(S(=O)(=O)C(F)(F)F)cc1. The lowest BCUT2D eigenvalue weighted by Gasteiger charge is -2.10. The molecule has 0 aliphatic carbocycles. The number of hydrogen-bond donors (Lipinski definition) is 1. The summed E-state index contributed by atoms with van der Waals surface area (Å²) in [5, 5.41) is 2.40. The molecule has 170 valence electrons. The predicted molar refractivity (Wildman–Crippen MR) is 94.9 cm³/mol. The Balaban J connectivity index is 1.99. The van der Waals surface area contributed by atoms with Gasteiger partial charge in [-0.3, -0.25) is 4.79 Å². The molecule has 1 N–H and O–H groups in total. The number of carbonyl (C=O) groups is 1. The number of carbonyl (C=O) groups excluding carboxylic acids is 1. The molecule has 0 heterocycles. The van der Waals surface area contributed by atoms with E-state index in [-0.39, 0.29) is 18.5 Å². The predicted octanol–water partition coefficient (Wildman–Crippen LogP) is 3.13. The van der Waals surface area contributed by atoms with E-state index in [2.05, 4.69) is 5.32 Å². The van der Waals surface area contributed by atoms with E-state index in [0.717, 1.165) is 36.4 Å². The summed E-state index contributed by atoms with van der Waals surface area (Å²) in [7, 11) is -11.0. The first-order chi connectivity index (χ1) is 14.1. The largest absolute Gasteiger partial charge is 0.501 e. The zero-order valence-electron chi connectivity index (χ0n) is 15.2. The number of benzene rings is 2. The Labute approximate surface area is 172 Å². The van der Waals surface area contributed by atoms with Gasteiger partial charge in [-0.1, -0.05) is 24.3 Å². The van der Waals surface area contributed by atoms with Gasteiger partial charge >= 0.3 is 11.0 Å². The zero-order valence-corrected chi connectivity index (χ0v) is 16.8. The Hall–Kier alpha value is -2.61. The first-order valence-electron chi connectivity index (χ1n) is 8.13. The standard InChI is InChI=1S/C17H13F6NO5S2/c18-16(19,20)30(26,27)13-5-1-11(2-6-13)9-15(25)24-10-12-3-7-14(8-4-12)31(28,29)17(21,22)23/h1-8H,9-10H2,(H,24,25). The van der Waals surface area contributed by atoms with Crippen molar-refractivity contribution in [3.63, 3.8) is 0 Å². The van der Waals surface area contributed by atoms with E-state index in [1.54, 1.807) is 0 Å². The highest BCUT2D eigenvalue weighted by Gasteiger charge is 2.47. The number of rotatable bonds is 6. The molecule has 0 atom stereocenters. The van der Waals surface area contributed by atoms with Crippen molar-refractivity contribution < 1.29 is 48.0 Å². The topological polar surface area (TPSA) is 97.4 Å². The molecule has 2 aromatic carbocycles. The van der Waals surface area contributed by atoms with Gasteiger partial charge in [0.25, 0.3) is 19.7 Å². The molecular formula is C17H13F6NO5S2. The van der Waals surface area contributed by atoms with Gasteiger partial charge in [0.05, 0.1) is 16.2 Å². The van der Waals surface area contributed by atoms with E-state index in [1.165, 1.54) is 0 Å². The number of hydrogen-bond acceptors (Lipinski definition) is 5. The van der Waals surface area contributed by atoms with Crippen LogP contribution >= 0.6 is 0 Å². The van der Waals surface area contributed by atoms with E-state index in [4.69, 9.17) is 0 Å². The monoisotopic (exact) mass is 489 g/mol. The molecule has 0 bridgehead atoms. The van der Waals surface area contributed by atoms with E-state index < -0.39 is 46.4 Å². The summed E-state index contributed by atoms with van der Waals surface area (Å²) in [5.74, 6) is -0.613. The van der Waals surface area contributed by atoms with Gasteiger partial charge in [0, 0.05) is 6.54 Å². The van der Waals surface area contributed by atoms with Crippen molar-refractivity contribution >= 4 is 25.6 Å². The van der Waals surface area contributed by atoms with Gasteiger partial charge in [-0.05, 0) is 35.4 Å². The van der Waals surface area contributed by atoms with Crippen molar-refractivity contribution in [2.75, 3.05) is 0 Å². The lowest BCUT2D eigenvalue weighted by molar-refractivity contribution is -0.120. The van der Waals surface area contributed by atoms with Crippen LogP contribution in [0.5, 0.6) is 0 Å². The third-order valence-electron chi connectivity index (χ3n) is 3.93.